The summed E-state index contributed by atoms with van der Waals surface area (Å²) in [5.41, 5.74) is 1.43. The van der Waals surface area contributed by atoms with E-state index in [2.05, 4.69) is 5.32 Å². The van der Waals surface area contributed by atoms with E-state index in [0.29, 0.717) is 29.1 Å². The van der Waals surface area contributed by atoms with Gasteiger partial charge in [0.25, 0.3) is 5.56 Å². The third kappa shape index (κ3) is 5.87. The van der Waals surface area contributed by atoms with E-state index in [4.69, 9.17) is 4.74 Å². The number of nitrogens with one attached hydrogen (secondary N) is 1. The summed E-state index contributed by atoms with van der Waals surface area (Å²) in [6.45, 7) is 4.58. The van der Waals surface area contributed by atoms with Gasteiger partial charge in [0.1, 0.15) is 22.2 Å². The van der Waals surface area contributed by atoms with Crippen LogP contribution in [0.15, 0.2) is 82.4 Å². The molecule has 0 aliphatic heterocycles. The molecule has 0 spiro atoms. The minimum Gasteiger partial charge on any atom is -0.497 e. The lowest BCUT2D eigenvalue weighted by atomic mass is 10.1. The topological polar surface area (TPSA) is 65.3 Å². The van der Waals surface area contributed by atoms with Gasteiger partial charge in [-0.1, -0.05) is 50.2 Å². The van der Waals surface area contributed by atoms with Gasteiger partial charge in [0.2, 0.25) is 0 Å². The van der Waals surface area contributed by atoms with Crippen LogP contribution in [-0.2, 0) is 26.2 Å². The Morgan fingerprint density at radius 2 is 1.54 bits per heavy atom. The van der Waals surface area contributed by atoms with Crippen molar-refractivity contribution in [2.24, 2.45) is 5.92 Å². The molecule has 9 heteroatoms. The number of hydrogen-bond acceptors (Lipinski definition) is 5. The normalized spacial score (nSPS) is 11.5. The average molecular weight is 576 g/mol. The molecule has 0 aliphatic carbocycles. The van der Waals surface area contributed by atoms with E-state index in [1.165, 1.54) is 38.7 Å². The van der Waals surface area contributed by atoms with Crippen LogP contribution in [0.4, 0.5) is 8.78 Å². The van der Waals surface area contributed by atoms with E-state index >= 15 is 0 Å². The number of methoxy groups -OCH3 is 1. The molecule has 5 aromatic rings. The van der Waals surface area contributed by atoms with Crippen molar-refractivity contribution < 1.29 is 13.5 Å². The van der Waals surface area contributed by atoms with Gasteiger partial charge in [0.15, 0.2) is 0 Å². The van der Waals surface area contributed by atoms with Crippen LogP contribution in [0.1, 0.15) is 30.5 Å². The molecule has 0 saturated carbocycles. The highest BCUT2D eigenvalue weighted by Crippen LogP contribution is 2.38. The fraction of sp³-hybridized carbons (Fsp3) is 0.250. The predicted molar refractivity (Wildman–Crippen MR) is 160 cm³/mol. The quantitative estimate of drug-likeness (QED) is 0.216. The van der Waals surface area contributed by atoms with E-state index < -0.39 is 22.9 Å². The van der Waals surface area contributed by atoms with Crippen molar-refractivity contribution in [3.8, 4) is 16.2 Å². The molecule has 2 heterocycles. The Hall–Kier alpha value is -4.08. The fourth-order valence-corrected chi connectivity index (χ4v) is 6.21. The molecule has 1 N–H and O–H groups in total. The molecule has 0 unspecified atom stereocenters. The average Bonchev–Trinajstić information content (AvgIpc) is 3.34. The van der Waals surface area contributed by atoms with Crippen LogP contribution in [0, 0.1) is 17.6 Å². The zero-order valence-corrected chi connectivity index (χ0v) is 23.9. The van der Waals surface area contributed by atoms with Crippen molar-refractivity contribution in [2.45, 2.75) is 40.0 Å². The fourth-order valence-electron chi connectivity index (χ4n) is 4.90. The molecule has 0 atom stereocenters. The van der Waals surface area contributed by atoms with Crippen LogP contribution in [0.5, 0.6) is 5.75 Å². The van der Waals surface area contributed by atoms with Crippen molar-refractivity contribution in [1.29, 1.82) is 0 Å². The Kier molecular flexibility index (Phi) is 8.46. The monoisotopic (exact) mass is 575 g/mol. The van der Waals surface area contributed by atoms with Crippen molar-refractivity contribution in [2.75, 3.05) is 7.11 Å². The maximum atomic E-state index is 14.8. The smallest absolute Gasteiger partial charge is 0.332 e. The Morgan fingerprint density at radius 1 is 0.854 bits per heavy atom. The van der Waals surface area contributed by atoms with Crippen molar-refractivity contribution >= 4 is 21.6 Å². The van der Waals surface area contributed by atoms with E-state index in [1.54, 1.807) is 7.11 Å². The molecule has 0 amide bonds. The first kappa shape index (κ1) is 28.4. The van der Waals surface area contributed by atoms with Crippen LogP contribution in [0.25, 0.3) is 20.7 Å². The van der Waals surface area contributed by atoms with Gasteiger partial charge in [0, 0.05) is 30.1 Å². The maximum absolute atomic E-state index is 14.8. The van der Waals surface area contributed by atoms with Crippen LogP contribution in [-0.4, -0.2) is 16.2 Å². The highest BCUT2D eigenvalue weighted by Gasteiger charge is 2.24. The Labute approximate surface area is 240 Å². The second-order valence-corrected chi connectivity index (χ2v) is 11.3. The maximum Gasteiger partial charge on any atom is 0.332 e. The number of thiophene rings is 1. The molecule has 5 rings (SSSR count). The Bertz CT molecular complexity index is 1770. The van der Waals surface area contributed by atoms with Gasteiger partial charge in [-0.05, 0) is 59.0 Å². The van der Waals surface area contributed by atoms with Crippen LogP contribution in [0.2, 0.25) is 0 Å². The highest BCUT2D eigenvalue weighted by molar-refractivity contribution is 7.22. The number of fused-ring (bicyclic) bond motifs is 1. The standard InChI is InChI=1S/C32H31F2N3O3S/c1-20(2)18-36-30(38)28-24(17-35-16-21-8-5-4-6-9-21)29(22-12-14-23(40-3)15-13-22)41-31(28)37(32(36)39)19-25-26(33)10-7-11-27(25)34/h4-15,20,35H,16-19H2,1-3H3. The second kappa shape index (κ2) is 12.2. The number of halogens is 2. The molecule has 0 aliphatic rings. The van der Waals surface area contributed by atoms with E-state index in [9.17, 15) is 18.4 Å². The molecule has 6 nitrogen and oxygen atoms in total. The summed E-state index contributed by atoms with van der Waals surface area (Å²) in [4.78, 5) is 28.9. The molecule has 0 radical (unpaired) electrons. The van der Waals surface area contributed by atoms with E-state index in [0.717, 1.165) is 21.6 Å². The largest absolute Gasteiger partial charge is 0.497 e. The first-order valence-corrected chi connectivity index (χ1v) is 14.2. The molecule has 0 fully saturated rings. The van der Waals surface area contributed by atoms with Gasteiger partial charge in [-0.15, -0.1) is 11.3 Å². The number of ether oxygens (including phenoxy) is 1. The molecule has 212 valence electrons. The summed E-state index contributed by atoms with van der Waals surface area (Å²) < 4.78 is 37.4. The summed E-state index contributed by atoms with van der Waals surface area (Å²) in [7, 11) is 1.59. The Balaban J connectivity index is 1.74. The molecule has 2 aromatic heterocycles. The zero-order valence-electron chi connectivity index (χ0n) is 23.1. The molecular weight excluding hydrogens is 544 g/mol. The van der Waals surface area contributed by atoms with Crippen LogP contribution < -0.4 is 21.3 Å². The molecule has 0 bridgehead atoms. The number of nitrogens with zero attached hydrogens (tertiary/aromatic N) is 2. The summed E-state index contributed by atoms with van der Waals surface area (Å²) >= 11 is 1.27. The van der Waals surface area contributed by atoms with Crippen LogP contribution in [0.3, 0.4) is 0 Å². The number of rotatable bonds is 10. The number of benzene rings is 3. The lowest BCUT2D eigenvalue weighted by molar-refractivity contribution is 0.415. The molecular formula is C32H31F2N3O3S. The first-order valence-electron chi connectivity index (χ1n) is 13.4. The van der Waals surface area contributed by atoms with Crippen LogP contribution >= 0.6 is 11.3 Å². The molecule has 0 saturated heterocycles. The van der Waals surface area contributed by atoms with Gasteiger partial charge in [-0.3, -0.25) is 13.9 Å². The minimum absolute atomic E-state index is 0.00384. The zero-order chi connectivity index (χ0) is 29.1. The lowest BCUT2D eigenvalue weighted by Crippen LogP contribution is -2.41. The molecule has 41 heavy (non-hydrogen) atoms. The van der Waals surface area contributed by atoms with E-state index in [1.807, 2.05) is 68.4 Å². The molecule has 3 aromatic carbocycles. The SMILES string of the molecule is COc1ccc(-c2sc3c(c2CNCc2ccccc2)c(=O)n(CC(C)C)c(=O)n3Cc2c(F)cccc2F)cc1. The number of aromatic nitrogens is 2. The van der Waals surface area contributed by atoms with Crippen molar-refractivity contribution in [3.05, 3.63) is 122 Å². The summed E-state index contributed by atoms with van der Waals surface area (Å²) in [6.07, 6.45) is 0. The van der Waals surface area contributed by atoms with E-state index in [-0.39, 0.29) is 24.6 Å². The first-order chi connectivity index (χ1) is 19.8. The summed E-state index contributed by atoms with van der Waals surface area (Å²) in [5, 5.41) is 3.82. The third-order valence-electron chi connectivity index (χ3n) is 6.91. The van der Waals surface area contributed by atoms with Gasteiger partial charge < -0.3 is 10.1 Å². The Morgan fingerprint density at radius 3 is 2.17 bits per heavy atom. The lowest BCUT2D eigenvalue weighted by Gasteiger charge is -2.15. The van der Waals surface area contributed by atoms with Gasteiger partial charge in [-0.25, -0.2) is 13.6 Å². The van der Waals surface area contributed by atoms with Gasteiger partial charge in [-0.2, -0.15) is 0 Å². The van der Waals surface area contributed by atoms with Gasteiger partial charge >= 0.3 is 5.69 Å². The summed E-state index contributed by atoms with van der Waals surface area (Å²) in [6, 6.07) is 21.0. The number of hydrogen-bond donors (Lipinski definition) is 1. The van der Waals surface area contributed by atoms with Crippen molar-refractivity contribution in [1.82, 2.24) is 14.5 Å². The van der Waals surface area contributed by atoms with Gasteiger partial charge in [0.05, 0.1) is 19.0 Å². The highest BCUT2D eigenvalue weighted by atomic mass is 32.1. The summed E-state index contributed by atoms with van der Waals surface area (Å²) in [5.74, 6) is -0.813. The minimum atomic E-state index is -0.747. The second-order valence-electron chi connectivity index (χ2n) is 10.3. The van der Waals surface area contributed by atoms with Crippen molar-refractivity contribution in [3.63, 3.8) is 0 Å². The predicted octanol–water partition coefficient (Wildman–Crippen LogP) is 6.17. The third-order valence-corrected chi connectivity index (χ3v) is 8.21.